The Bertz CT molecular complexity index is 734. The van der Waals surface area contributed by atoms with Crippen LogP contribution in [-0.2, 0) is 24.1 Å². The van der Waals surface area contributed by atoms with Crippen LogP contribution in [0.2, 0.25) is 0 Å². The number of benzene rings is 1. The number of nitrogens with zero attached hydrogens (tertiary/aromatic N) is 3. The third-order valence-electron chi connectivity index (χ3n) is 6.84. The van der Waals surface area contributed by atoms with Gasteiger partial charge in [0.2, 0.25) is 5.91 Å². The molecule has 3 aliphatic rings. The summed E-state index contributed by atoms with van der Waals surface area (Å²) in [5.74, 6) is 0.158. The van der Waals surface area contributed by atoms with Gasteiger partial charge in [0.25, 0.3) is 0 Å². The van der Waals surface area contributed by atoms with Crippen molar-refractivity contribution < 1.29 is 9.59 Å². The lowest BCUT2D eigenvalue weighted by Gasteiger charge is -2.42. The molecule has 6 heteroatoms. The van der Waals surface area contributed by atoms with E-state index >= 15 is 0 Å². The van der Waals surface area contributed by atoms with Crippen molar-refractivity contribution in [2.75, 3.05) is 39.3 Å². The predicted octanol–water partition coefficient (Wildman–Crippen LogP) is 2.00. The van der Waals surface area contributed by atoms with Crippen molar-refractivity contribution in [1.82, 2.24) is 14.7 Å². The van der Waals surface area contributed by atoms with Gasteiger partial charge < -0.3 is 15.5 Å². The van der Waals surface area contributed by atoms with Crippen molar-refractivity contribution >= 4 is 11.9 Å². The van der Waals surface area contributed by atoms with Gasteiger partial charge in [-0.15, -0.1) is 0 Å². The number of primary amides is 1. The number of piperidine rings is 1. The standard InChI is InChI=1S/C23H33N4O2/c24-23(29)27-11-9-21(10-12-27)25-13-15-26(16-14-25)22(28)8-6-18-5-7-19-3-1-2-4-20(19)17-18/h5,7-8,17,21H,1-4,6,9-16H2,(H2,24,29). The number of nitrogens with two attached hydrogens (primary N) is 1. The Labute approximate surface area is 174 Å². The van der Waals surface area contributed by atoms with Crippen LogP contribution in [-0.4, -0.2) is 71.9 Å². The van der Waals surface area contributed by atoms with Crippen LogP contribution < -0.4 is 5.73 Å². The fourth-order valence-electron chi connectivity index (χ4n) is 5.01. The van der Waals surface area contributed by atoms with Gasteiger partial charge in [0.1, 0.15) is 0 Å². The van der Waals surface area contributed by atoms with Crippen LogP contribution in [0.25, 0.3) is 0 Å². The zero-order valence-electron chi connectivity index (χ0n) is 17.3. The van der Waals surface area contributed by atoms with Crippen LogP contribution >= 0.6 is 0 Å². The van der Waals surface area contributed by atoms with Crippen LogP contribution in [0.1, 0.15) is 42.4 Å². The Morgan fingerprint density at radius 2 is 1.62 bits per heavy atom. The molecule has 2 heterocycles. The molecule has 2 N–H and O–H groups in total. The Morgan fingerprint density at radius 1 is 0.931 bits per heavy atom. The number of aryl methyl sites for hydroxylation is 2. The maximum atomic E-state index is 12.7. The second-order valence-corrected chi connectivity index (χ2v) is 8.64. The summed E-state index contributed by atoms with van der Waals surface area (Å²) in [7, 11) is 0. The van der Waals surface area contributed by atoms with Crippen LogP contribution in [0.3, 0.4) is 0 Å². The van der Waals surface area contributed by atoms with Gasteiger partial charge in [0.15, 0.2) is 0 Å². The van der Waals surface area contributed by atoms with Crippen LogP contribution in [0, 0.1) is 6.42 Å². The minimum Gasteiger partial charge on any atom is -0.351 e. The van der Waals surface area contributed by atoms with E-state index in [4.69, 9.17) is 5.73 Å². The van der Waals surface area contributed by atoms with Gasteiger partial charge in [-0.3, -0.25) is 9.69 Å². The maximum Gasteiger partial charge on any atom is 0.314 e. The molecule has 2 saturated heterocycles. The largest absolute Gasteiger partial charge is 0.351 e. The molecule has 1 aliphatic carbocycles. The lowest BCUT2D eigenvalue weighted by atomic mass is 9.89. The van der Waals surface area contributed by atoms with Gasteiger partial charge in [-0.2, -0.15) is 0 Å². The number of carbonyl (C=O) groups is 2. The number of amides is 3. The smallest absolute Gasteiger partial charge is 0.314 e. The molecular formula is C23H33N4O2. The molecule has 157 valence electrons. The molecule has 2 aliphatic heterocycles. The fraction of sp³-hybridized carbons (Fsp3) is 0.609. The van der Waals surface area contributed by atoms with Crippen LogP contribution in [0.4, 0.5) is 4.79 Å². The summed E-state index contributed by atoms with van der Waals surface area (Å²) in [4.78, 5) is 30.1. The Balaban J connectivity index is 1.21. The Morgan fingerprint density at radius 3 is 2.31 bits per heavy atom. The predicted molar refractivity (Wildman–Crippen MR) is 113 cm³/mol. The van der Waals surface area contributed by atoms with Crippen molar-refractivity contribution in [3.05, 3.63) is 41.3 Å². The summed E-state index contributed by atoms with van der Waals surface area (Å²) >= 11 is 0. The molecule has 1 radical (unpaired) electrons. The van der Waals surface area contributed by atoms with E-state index in [1.807, 2.05) is 11.3 Å². The van der Waals surface area contributed by atoms with E-state index in [0.717, 1.165) is 58.5 Å². The number of hydrogen-bond donors (Lipinski definition) is 1. The first-order chi connectivity index (χ1) is 14.1. The lowest BCUT2D eigenvalue weighted by Crippen LogP contribution is -2.55. The second kappa shape index (κ2) is 9.16. The number of piperazine rings is 1. The first-order valence-electron chi connectivity index (χ1n) is 11.1. The number of urea groups is 1. The first kappa shape index (κ1) is 20.2. The molecule has 0 saturated carbocycles. The van der Waals surface area contributed by atoms with E-state index in [2.05, 4.69) is 23.1 Å². The summed E-state index contributed by atoms with van der Waals surface area (Å²) in [5, 5.41) is 0. The molecule has 2 fully saturated rings. The molecule has 0 bridgehead atoms. The van der Waals surface area contributed by atoms with Gasteiger partial charge in [0.05, 0.1) is 6.42 Å². The van der Waals surface area contributed by atoms with Crippen molar-refractivity contribution in [1.29, 1.82) is 0 Å². The molecule has 0 unspecified atom stereocenters. The number of carbonyl (C=O) groups excluding carboxylic acids is 2. The maximum absolute atomic E-state index is 12.7. The molecular weight excluding hydrogens is 364 g/mol. The van der Waals surface area contributed by atoms with Crippen LogP contribution in [0.15, 0.2) is 18.2 Å². The molecule has 1 aromatic carbocycles. The van der Waals surface area contributed by atoms with Gasteiger partial charge in [-0.05, 0) is 61.6 Å². The highest BCUT2D eigenvalue weighted by Gasteiger charge is 2.29. The van der Waals surface area contributed by atoms with Gasteiger partial charge in [0, 0.05) is 45.3 Å². The summed E-state index contributed by atoms with van der Waals surface area (Å²) in [6.45, 7) is 4.89. The van der Waals surface area contributed by atoms with E-state index in [9.17, 15) is 9.59 Å². The summed E-state index contributed by atoms with van der Waals surface area (Å²) in [6, 6.07) is 6.93. The highest BCUT2D eigenvalue weighted by molar-refractivity contribution is 5.85. The van der Waals surface area contributed by atoms with Gasteiger partial charge >= 0.3 is 6.03 Å². The van der Waals surface area contributed by atoms with Gasteiger partial charge in [-0.25, -0.2) is 4.79 Å². The average Bonchev–Trinajstić information content (AvgIpc) is 2.77. The normalized spacial score (nSPS) is 21.1. The third-order valence-corrected chi connectivity index (χ3v) is 6.84. The monoisotopic (exact) mass is 397 g/mol. The summed E-state index contributed by atoms with van der Waals surface area (Å²) in [5.41, 5.74) is 9.59. The summed E-state index contributed by atoms with van der Waals surface area (Å²) in [6.07, 6.45) is 9.48. The molecule has 1 aromatic rings. The molecule has 3 amide bonds. The van der Waals surface area contributed by atoms with Crippen molar-refractivity contribution in [2.24, 2.45) is 5.73 Å². The highest BCUT2D eigenvalue weighted by atomic mass is 16.2. The molecule has 4 rings (SSSR count). The van der Waals surface area contributed by atoms with Crippen molar-refractivity contribution in [3.8, 4) is 0 Å². The van der Waals surface area contributed by atoms with E-state index < -0.39 is 0 Å². The van der Waals surface area contributed by atoms with E-state index in [-0.39, 0.29) is 11.9 Å². The zero-order chi connectivity index (χ0) is 20.2. The van der Waals surface area contributed by atoms with Gasteiger partial charge in [-0.1, -0.05) is 18.2 Å². The highest BCUT2D eigenvalue weighted by Crippen LogP contribution is 2.23. The number of fused-ring (bicyclic) bond motifs is 1. The first-order valence-corrected chi connectivity index (χ1v) is 11.1. The Kier molecular flexibility index (Phi) is 6.38. The lowest BCUT2D eigenvalue weighted by molar-refractivity contribution is -0.129. The topological polar surface area (TPSA) is 69.9 Å². The second-order valence-electron chi connectivity index (χ2n) is 8.64. The summed E-state index contributed by atoms with van der Waals surface area (Å²) < 4.78 is 0. The molecule has 6 nitrogen and oxygen atoms in total. The Hall–Kier alpha value is -2.08. The van der Waals surface area contributed by atoms with Crippen LogP contribution in [0.5, 0.6) is 0 Å². The van der Waals surface area contributed by atoms with E-state index in [0.29, 0.717) is 6.04 Å². The zero-order valence-corrected chi connectivity index (χ0v) is 17.3. The van der Waals surface area contributed by atoms with Crippen molar-refractivity contribution in [2.45, 2.75) is 51.0 Å². The quantitative estimate of drug-likeness (QED) is 0.845. The minimum absolute atomic E-state index is 0.158. The molecule has 0 spiro atoms. The van der Waals surface area contributed by atoms with E-state index in [1.165, 1.54) is 42.4 Å². The minimum atomic E-state index is -0.312. The van der Waals surface area contributed by atoms with Crippen molar-refractivity contribution in [3.63, 3.8) is 0 Å². The average molecular weight is 398 g/mol. The molecule has 0 atom stereocenters. The van der Waals surface area contributed by atoms with E-state index in [1.54, 1.807) is 4.90 Å². The number of likely N-dealkylation sites (tertiary alicyclic amines) is 1. The number of rotatable bonds is 4. The molecule has 0 aromatic heterocycles. The molecule has 29 heavy (non-hydrogen) atoms. The fourth-order valence-corrected chi connectivity index (χ4v) is 5.01. The SMILES string of the molecule is NC(=O)N1CCC(N2CCN(C(=O)[CH]Cc3ccc4c(c3)CCCC4)CC2)CC1. The number of hydrogen-bond acceptors (Lipinski definition) is 3. The third kappa shape index (κ3) is 4.92.